The maximum absolute atomic E-state index is 5.99. The van der Waals surface area contributed by atoms with Gasteiger partial charge in [-0.15, -0.1) is 11.8 Å². The van der Waals surface area contributed by atoms with E-state index in [1.54, 1.807) is 0 Å². The zero-order valence-electron chi connectivity index (χ0n) is 11.0. The molecular formula is C15H22ClNS. The van der Waals surface area contributed by atoms with E-state index in [1.807, 2.05) is 23.9 Å². The van der Waals surface area contributed by atoms with Crippen LogP contribution in [0.25, 0.3) is 0 Å². The van der Waals surface area contributed by atoms with Gasteiger partial charge in [0.1, 0.15) is 0 Å². The number of thioether (sulfide) groups is 1. The van der Waals surface area contributed by atoms with E-state index in [0.717, 1.165) is 23.5 Å². The van der Waals surface area contributed by atoms with E-state index < -0.39 is 0 Å². The fourth-order valence-electron chi connectivity index (χ4n) is 2.80. The average Bonchev–Trinajstić information content (AvgIpc) is 2.78. The van der Waals surface area contributed by atoms with Gasteiger partial charge < -0.3 is 5.32 Å². The Morgan fingerprint density at radius 3 is 3.06 bits per heavy atom. The molecule has 2 unspecified atom stereocenters. The van der Waals surface area contributed by atoms with Gasteiger partial charge in [0.15, 0.2) is 0 Å². The predicted molar refractivity (Wildman–Crippen MR) is 81.6 cm³/mol. The van der Waals surface area contributed by atoms with Crippen LogP contribution in [-0.4, -0.2) is 18.3 Å². The van der Waals surface area contributed by atoms with E-state index in [1.165, 1.54) is 36.3 Å². The molecule has 0 saturated heterocycles. The molecule has 0 amide bonds. The van der Waals surface area contributed by atoms with Gasteiger partial charge in [-0.25, -0.2) is 0 Å². The van der Waals surface area contributed by atoms with Gasteiger partial charge in [0.05, 0.1) is 0 Å². The minimum Gasteiger partial charge on any atom is -0.314 e. The van der Waals surface area contributed by atoms with Gasteiger partial charge >= 0.3 is 0 Å². The molecule has 1 aliphatic carbocycles. The van der Waals surface area contributed by atoms with Crippen molar-refractivity contribution in [1.29, 1.82) is 0 Å². The van der Waals surface area contributed by atoms with Crippen molar-refractivity contribution in [3.8, 4) is 0 Å². The molecule has 0 aromatic heterocycles. The lowest BCUT2D eigenvalue weighted by Gasteiger charge is -2.20. The number of hydrogen-bond donors (Lipinski definition) is 1. The van der Waals surface area contributed by atoms with Crippen LogP contribution in [0.15, 0.2) is 29.2 Å². The van der Waals surface area contributed by atoms with Crippen molar-refractivity contribution in [2.45, 2.75) is 43.5 Å². The van der Waals surface area contributed by atoms with Crippen LogP contribution in [-0.2, 0) is 0 Å². The van der Waals surface area contributed by atoms with E-state index in [-0.39, 0.29) is 0 Å². The molecule has 2 atom stereocenters. The summed E-state index contributed by atoms with van der Waals surface area (Å²) in [5.41, 5.74) is 0. The van der Waals surface area contributed by atoms with Crippen LogP contribution in [0.3, 0.4) is 0 Å². The largest absolute Gasteiger partial charge is 0.314 e. The van der Waals surface area contributed by atoms with Crippen LogP contribution in [0.2, 0.25) is 5.02 Å². The lowest BCUT2D eigenvalue weighted by Crippen LogP contribution is -2.32. The molecule has 1 aromatic rings. The number of nitrogens with one attached hydrogen (secondary N) is 1. The zero-order chi connectivity index (χ0) is 12.8. The highest BCUT2D eigenvalue weighted by Gasteiger charge is 2.25. The molecule has 1 saturated carbocycles. The molecule has 0 heterocycles. The Balaban J connectivity index is 1.74. The van der Waals surface area contributed by atoms with Gasteiger partial charge in [-0.1, -0.05) is 31.0 Å². The van der Waals surface area contributed by atoms with Gasteiger partial charge in [-0.05, 0) is 55.7 Å². The normalized spacial score (nSPS) is 23.4. The number of halogens is 1. The van der Waals surface area contributed by atoms with E-state index >= 15 is 0 Å². The summed E-state index contributed by atoms with van der Waals surface area (Å²) < 4.78 is 0. The fraction of sp³-hybridized carbons (Fsp3) is 0.600. The predicted octanol–water partition coefficient (Wildman–Crippen LogP) is 4.60. The minimum absolute atomic E-state index is 0.759. The summed E-state index contributed by atoms with van der Waals surface area (Å²) >= 11 is 7.92. The Hall–Kier alpha value is -0.180. The van der Waals surface area contributed by atoms with Crippen molar-refractivity contribution in [3.05, 3.63) is 29.3 Å². The van der Waals surface area contributed by atoms with E-state index in [2.05, 4.69) is 24.4 Å². The summed E-state index contributed by atoms with van der Waals surface area (Å²) in [5.74, 6) is 2.07. The summed E-state index contributed by atoms with van der Waals surface area (Å²) in [6.45, 7) is 3.30. The maximum Gasteiger partial charge on any atom is 0.0417 e. The summed E-state index contributed by atoms with van der Waals surface area (Å²) in [6, 6.07) is 8.93. The van der Waals surface area contributed by atoms with Crippen molar-refractivity contribution in [2.24, 2.45) is 5.92 Å². The third kappa shape index (κ3) is 4.18. The molecule has 0 bridgehead atoms. The van der Waals surface area contributed by atoms with Gasteiger partial charge in [0.25, 0.3) is 0 Å². The molecular weight excluding hydrogens is 262 g/mol. The second-order valence-electron chi connectivity index (χ2n) is 4.95. The molecule has 1 aliphatic rings. The van der Waals surface area contributed by atoms with Crippen LogP contribution < -0.4 is 5.32 Å². The van der Waals surface area contributed by atoms with Crippen molar-refractivity contribution in [3.63, 3.8) is 0 Å². The standard InChI is InChI=1S/C15H22ClNS/c1-2-17-15-8-3-5-12(15)9-10-18-14-7-4-6-13(16)11-14/h4,6-7,11-12,15,17H,2-3,5,8-10H2,1H3. The fourth-order valence-corrected chi connectivity index (χ4v) is 4.09. The summed E-state index contributed by atoms with van der Waals surface area (Å²) in [5, 5.41) is 4.46. The van der Waals surface area contributed by atoms with Crippen LogP contribution in [0.5, 0.6) is 0 Å². The van der Waals surface area contributed by atoms with Gasteiger partial charge in [0, 0.05) is 16.0 Å². The molecule has 100 valence electrons. The first-order chi connectivity index (χ1) is 8.79. The van der Waals surface area contributed by atoms with Gasteiger partial charge in [0.2, 0.25) is 0 Å². The summed E-state index contributed by atoms with van der Waals surface area (Å²) in [7, 11) is 0. The molecule has 1 N–H and O–H groups in total. The first-order valence-electron chi connectivity index (χ1n) is 6.91. The molecule has 1 aromatic carbocycles. The molecule has 3 heteroatoms. The van der Waals surface area contributed by atoms with E-state index in [4.69, 9.17) is 11.6 Å². The van der Waals surface area contributed by atoms with Crippen molar-refractivity contribution >= 4 is 23.4 Å². The van der Waals surface area contributed by atoms with Crippen molar-refractivity contribution < 1.29 is 0 Å². The van der Waals surface area contributed by atoms with Crippen LogP contribution >= 0.6 is 23.4 Å². The average molecular weight is 284 g/mol. The Bertz CT molecular complexity index is 369. The smallest absolute Gasteiger partial charge is 0.0417 e. The number of benzene rings is 1. The van der Waals surface area contributed by atoms with Gasteiger partial charge in [-0.3, -0.25) is 0 Å². The monoisotopic (exact) mass is 283 g/mol. The first-order valence-corrected chi connectivity index (χ1v) is 8.27. The third-order valence-electron chi connectivity index (χ3n) is 3.68. The molecule has 2 rings (SSSR count). The van der Waals surface area contributed by atoms with E-state index in [0.29, 0.717) is 0 Å². The molecule has 1 nitrogen and oxygen atoms in total. The van der Waals surface area contributed by atoms with Crippen molar-refractivity contribution in [2.75, 3.05) is 12.3 Å². The zero-order valence-corrected chi connectivity index (χ0v) is 12.6. The molecule has 1 fully saturated rings. The number of rotatable bonds is 6. The highest BCUT2D eigenvalue weighted by Crippen LogP contribution is 2.31. The van der Waals surface area contributed by atoms with Crippen molar-refractivity contribution in [1.82, 2.24) is 5.32 Å². The Morgan fingerprint density at radius 1 is 1.39 bits per heavy atom. The highest BCUT2D eigenvalue weighted by molar-refractivity contribution is 7.99. The molecule has 18 heavy (non-hydrogen) atoms. The first kappa shape index (κ1) is 14.2. The quantitative estimate of drug-likeness (QED) is 0.766. The van der Waals surface area contributed by atoms with E-state index in [9.17, 15) is 0 Å². The topological polar surface area (TPSA) is 12.0 Å². The molecule has 0 aliphatic heterocycles. The van der Waals surface area contributed by atoms with Crippen LogP contribution in [0, 0.1) is 5.92 Å². The second kappa shape index (κ2) is 7.42. The Kier molecular flexibility index (Phi) is 5.87. The lowest BCUT2D eigenvalue weighted by atomic mass is 10.0. The van der Waals surface area contributed by atoms with Crippen LogP contribution in [0.1, 0.15) is 32.6 Å². The summed E-state index contributed by atoms with van der Waals surface area (Å²) in [6.07, 6.45) is 5.47. The molecule has 0 spiro atoms. The maximum atomic E-state index is 5.99. The molecule has 0 radical (unpaired) electrons. The lowest BCUT2D eigenvalue weighted by molar-refractivity contribution is 0.400. The SMILES string of the molecule is CCNC1CCCC1CCSc1cccc(Cl)c1. The van der Waals surface area contributed by atoms with Gasteiger partial charge in [-0.2, -0.15) is 0 Å². The highest BCUT2D eigenvalue weighted by atomic mass is 35.5. The Morgan fingerprint density at radius 2 is 2.28 bits per heavy atom. The minimum atomic E-state index is 0.759. The number of hydrogen-bond acceptors (Lipinski definition) is 2. The van der Waals surface area contributed by atoms with Crippen LogP contribution in [0.4, 0.5) is 0 Å². The summed E-state index contributed by atoms with van der Waals surface area (Å²) in [4.78, 5) is 1.29. The third-order valence-corrected chi connectivity index (χ3v) is 4.94. The second-order valence-corrected chi connectivity index (χ2v) is 6.55. The Labute approximate surface area is 120 Å².